The summed E-state index contributed by atoms with van der Waals surface area (Å²) in [6, 6.07) is 9.31. The third-order valence-corrected chi connectivity index (χ3v) is 3.47. The third kappa shape index (κ3) is 3.95. The van der Waals surface area contributed by atoms with Crippen molar-refractivity contribution in [1.82, 2.24) is 0 Å². The van der Waals surface area contributed by atoms with Crippen molar-refractivity contribution in [3.05, 3.63) is 53.4 Å². The van der Waals surface area contributed by atoms with Gasteiger partial charge in [0, 0.05) is 16.3 Å². The lowest BCUT2D eigenvalue weighted by molar-refractivity contribution is -0.116. The highest BCUT2D eigenvalue weighted by Gasteiger charge is 2.06. The molecular formula is C13H11ClO2S. The van der Waals surface area contributed by atoms with Gasteiger partial charge < -0.3 is 4.42 Å². The number of thioether (sulfide) groups is 1. The summed E-state index contributed by atoms with van der Waals surface area (Å²) in [5.74, 6) is 0.627. The fourth-order valence-corrected chi connectivity index (χ4v) is 2.46. The van der Waals surface area contributed by atoms with Gasteiger partial charge in [-0.15, -0.1) is 11.8 Å². The number of benzene rings is 1. The third-order valence-electron chi connectivity index (χ3n) is 2.18. The molecule has 0 aliphatic carbocycles. The Bertz CT molecular complexity index is 494. The predicted octanol–water partition coefficient (Wildman–Crippen LogP) is 3.84. The zero-order valence-electron chi connectivity index (χ0n) is 9.06. The molecule has 2 rings (SSSR count). The highest BCUT2D eigenvalue weighted by atomic mass is 35.5. The van der Waals surface area contributed by atoms with Crippen LogP contribution in [0.5, 0.6) is 0 Å². The summed E-state index contributed by atoms with van der Waals surface area (Å²) < 4.78 is 4.92. The lowest BCUT2D eigenvalue weighted by atomic mass is 10.2. The highest BCUT2D eigenvalue weighted by molar-refractivity contribution is 8.00. The molecule has 0 unspecified atom stereocenters. The zero-order chi connectivity index (χ0) is 12.1. The Morgan fingerprint density at radius 1 is 1.35 bits per heavy atom. The monoisotopic (exact) mass is 266 g/mol. The number of Topliss-reactive ketones (excluding diaryl/α,β-unsaturated/α-hetero) is 1. The molecule has 0 spiro atoms. The van der Waals surface area contributed by atoms with E-state index in [1.54, 1.807) is 12.5 Å². The summed E-state index contributed by atoms with van der Waals surface area (Å²) in [6.45, 7) is 0. The van der Waals surface area contributed by atoms with E-state index in [1.165, 1.54) is 11.8 Å². The van der Waals surface area contributed by atoms with Crippen molar-refractivity contribution in [3.8, 4) is 0 Å². The lowest BCUT2D eigenvalue weighted by Gasteiger charge is -2.01. The summed E-state index contributed by atoms with van der Waals surface area (Å²) in [4.78, 5) is 12.7. The molecule has 4 heteroatoms. The van der Waals surface area contributed by atoms with E-state index in [2.05, 4.69) is 0 Å². The van der Waals surface area contributed by atoms with Crippen LogP contribution < -0.4 is 0 Å². The van der Waals surface area contributed by atoms with Crippen LogP contribution in [0.4, 0.5) is 0 Å². The van der Waals surface area contributed by atoms with Gasteiger partial charge in [0.15, 0.2) is 0 Å². The number of carbonyl (C=O) groups is 1. The van der Waals surface area contributed by atoms with E-state index in [9.17, 15) is 4.79 Å². The molecule has 0 aliphatic heterocycles. The number of hydrogen-bond donors (Lipinski definition) is 0. The van der Waals surface area contributed by atoms with Crippen LogP contribution in [0.3, 0.4) is 0 Å². The molecular weight excluding hydrogens is 256 g/mol. The van der Waals surface area contributed by atoms with Crippen molar-refractivity contribution in [2.45, 2.75) is 11.3 Å². The standard InChI is InChI=1S/C13H11ClO2S/c14-11-2-1-3-13(7-11)17-9-12(15)6-10-4-5-16-8-10/h1-5,7-8H,6,9H2. The minimum atomic E-state index is 0.177. The van der Waals surface area contributed by atoms with E-state index in [1.807, 2.05) is 30.3 Å². The quantitative estimate of drug-likeness (QED) is 0.771. The number of hydrogen-bond acceptors (Lipinski definition) is 3. The first kappa shape index (κ1) is 12.3. The van der Waals surface area contributed by atoms with E-state index in [0.717, 1.165) is 10.5 Å². The molecule has 1 aromatic heterocycles. The summed E-state index contributed by atoms with van der Waals surface area (Å²) in [6.07, 6.45) is 3.60. The molecule has 0 aliphatic rings. The Hall–Kier alpha value is -1.19. The van der Waals surface area contributed by atoms with Crippen LogP contribution >= 0.6 is 23.4 Å². The molecule has 1 aromatic carbocycles. The fraction of sp³-hybridized carbons (Fsp3) is 0.154. The molecule has 0 atom stereocenters. The molecule has 0 N–H and O–H groups in total. The van der Waals surface area contributed by atoms with Crippen LogP contribution in [-0.2, 0) is 11.2 Å². The molecule has 2 aromatic rings. The van der Waals surface area contributed by atoms with E-state index >= 15 is 0 Å². The lowest BCUT2D eigenvalue weighted by Crippen LogP contribution is -2.04. The maximum absolute atomic E-state index is 11.7. The van der Waals surface area contributed by atoms with Crippen LogP contribution in [-0.4, -0.2) is 11.5 Å². The normalized spacial score (nSPS) is 10.4. The summed E-state index contributed by atoms with van der Waals surface area (Å²) in [7, 11) is 0. The molecule has 0 bridgehead atoms. The average molecular weight is 267 g/mol. The molecule has 0 radical (unpaired) electrons. The molecule has 0 amide bonds. The van der Waals surface area contributed by atoms with Crippen molar-refractivity contribution in [2.24, 2.45) is 0 Å². The molecule has 2 nitrogen and oxygen atoms in total. The van der Waals surface area contributed by atoms with Crippen LogP contribution in [0.15, 0.2) is 52.2 Å². The number of ketones is 1. The van der Waals surface area contributed by atoms with Crippen molar-refractivity contribution < 1.29 is 9.21 Å². The van der Waals surface area contributed by atoms with Gasteiger partial charge in [0.2, 0.25) is 0 Å². The van der Waals surface area contributed by atoms with Gasteiger partial charge in [-0.2, -0.15) is 0 Å². The van der Waals surface area contributed by atoms with Gasteiger partial charge in [0.25, 0.3) is 0 Å². The topological polar surface area (TPSA) is 30.2 Å². The largest absolute Gasteiger partial charge is 0.472 e. The van der Waals surface area contributed by atoms with Gasteiger partial charge >= 0.3 is 0 Å². The van der Waals surface area contributed by atoms with Crippen molar-refractivity contribution >= 4 is 29.1 Å². The number of furan rings is 1. The van der Waals surface area contributed by atoms with Crippen molar-refractivity contribution in [2.75, 3.05) is 5.75 Å². The Labute approximate surface area is 109 Å². The second-order valence-electron chi connectivity index (χ2n) is 3.59. The SMILES string of the molecule is O=C(CSc1cccc(Cl)c1)Cc1ccoc1. The maximum Gasteiger partial charge on any atom is 0.147 e. The molecule has 0 fully saturated rings. The predicted molar refractivity (Wildman–Crippen MR) is 69.6 cm³/mol. The van der Waals surface area contributed by atoms with Gasteiger partial charge in [-0.25, -0.2) is 0 Å². The van der Waals surface area contributed by atoms with Crippen LogP contribution in [0.2, 0.25) is 5.02 Å². The fourth-order valence-electron chi connectivity index (χ4n) is 1.39. The molecule has 88 valence electrons. The van der Waals surface area contributed by atoms with Crippen LogP contribution in [0, 0.1) is 0 Å². The van der Waals surface area contributed by atoms with Gasteiger partial charge in [-0.05, 0) is 29.8 Å². The molecule has 0 saturated carbocycles. The van der Waals surface area contributed by atoms with E-state index in [4.69, 9.17) is 16.0 Å². The maximum atomic E-state index is 11.7. The highest BCUT2D eigenvalue weighted by Crippen LogP contribution is 2.21. The number of halogens is 1. The van der Waals surface area contributed by atoms with Gasteiger partial charge in [-0.1, -0.05) is 17.7 Å². The second kappa shape index (κ2) is 5.94. The Morgan fingerprint density at radius 2 is 2.24 bits per heavy atom. The Kier molecular flexibility index (Phi) is 4.29. The van der Waals surface area contributed by atoms with Crippen molar-refractivity contribution in [1.29, 1.82) is 0 Å². The summed E-state index contributed by atoms with van der Waals surface area (Å²) >= 11 is 7.36. The Balaban J connectivity index is 1.84. The minimum Gasteiger partial charge on any atom is -0.472 e. The summed E-state index contributed by atoms with van der Waals surface area (Å²) in [5, 5.41) is 0.692. The molecule has 17 heavy (non-hydrogen) atoms. The smallest absolute Gasteiger partial charge is 0.147 e. The van der Waals surface area contributed by atoms with Gasteiger partial charge in [-0.3, -0.25) is 4.79 Å². The first-order valence-electron chi connectivity index (χ1n) is 5.15. The second-order valence-corrected chi connectivity index (χ2v) is 5.08. The summed E-state index contributed by atoms with van der Waals surface area (Å²) in [5.41, 5.74) is 0.918. The van der Waals surface area contributed by atoms with Crippen molar-refractivity contribution in [3.63, 3.8) is 0 Å². The number of carbonyl (C=O) groups excluding carboxylic acids is 1. The Morgan fingerprint density at radius 3 is 2.94 bits per heavy atom. The molecule has 0 saturated heterocycles. The first-order chi connectivity index (χ1) is 8.24. The van der Waals surface area contributed by atoms with Gasteiger partial charge in [0.1, 0.15) is 5.78 Å². The van der Waals surface area contributed by atoms with E-state index in [0.29, 0.717) is 17.2 Å². The van der Waals surface area contributed by atoms with Crippen LogP contribution in [0.1, 0.15) is 5.56 Å². The first-order valence-corrected chi connectivity index (χ1v) is 6.51. The van der Waals surface area contributed by atoms with E-state index < -0.39 is 0 Å². The average Bonchev–Trinajstić information content (AvgIpc) is 2.79. The zero-order valence-corrected chi connectivity index (χ0v) is 10.6. The van der Waals surface area contributed by atoms with Gasteiger partial charge in [0.05, 0.1) is 18.3 Å². The van der Waals surface area contributed by atoms with E-state index in [-0.39, 0.29) is 5.78 Å². The minimum absolute atomic E-state index is 0.177. The molecule has 1 heterocycles. The van der Waals surface area contributed by atoms with Crippen LogP contribution in [0.25, 0.3) is 0 Å². The number of rotatable bonds is 5.